The minimum atomic E-state index is -1.84. The van der Waals surface area contributed by atoms with Crippen LogP contribution in [0.25, 0.3) is 0 Å². The lowest BCUT2D eigenvalue weighted by Gasteiger charge is -2.33. The zero-order valence-corrected chi connectivity index (χ0v) is 7.46. The van der Waals surface area contributed by atoms with Gasteiger partial charge in [-0.25, -0.2) is 4.90 Å². The molecule has 0 heterocycles. The van der Waals surface area contributed by atoms with E-state index in [0.29, 0.717) is 18.7 Å². The van der Waals surface area contributed by atoms with E-state index in [1.807, 2.05) is 13.8 Å². The minimum absolute atomic E-state index is 0.348. The molecule has 2 N–H and O–H groups in total. The molecule has 11 heavy (non-hydrogen) atoms. The summed E-state index contributed by atoms with van der Waals surface area (Å²) in [5.41, 5.74) is 0.348. The van der Waals surface area contributed by atoms with E-state index in [1.165, 1.54) is 4.90 Å². The maximum absolute atomic E-state index is 9.43. The van der Waals surface area contributed by atoms with Crippen LogP contribution in [0.15, 0.2) is 12.2 Å². The van der Waals surface area contributed by atoms with Crippen LogP contribution in [0.5, 0.6) is 0 Å². The van der Waals surface area contributed by atoms with Crippen LogP contribution in [0, 0.1) is 0 Å². The molecule has 0 rings (SSSR count). The lowest BCUT2D eigenvalue weighted by atomic mass is 10.2. The van der Waals surface area contributed by atoms with Crippen LogP contribution in [0.1, 0.15) is 20.8 Å². The summed E-state index contributed by atoms with van der Waals surface area (Å²) >= 11 is 0. The van der Waals surface area contributed by atoms with E-state index >= 15 is 0 Å². The first-order valence-corrected chi connectivity index (χ1v) is 3.82. The number of rotatable bonds is 4. The molecule has 66 valence electrons. The fourth-order valence-electron chi connectivity index (χ4n) is 0.934. The van der Waals surface area contributed by atoms with Crippen molar-refractivity contribution in [2.75, 3.05) is 13.1 Å². The van der Waals surface area contributed by atoms with E-state index < -0.39 is 5.91 Å². The standard InChI is InChI=1S/C8H17NO2/c1-5-9(6-2)8(10,11)7(3)4/h10-11H,3,5-6H2,1-2,4H3. The summed E-state index contributed by atoms with van der Waals surface area (Å²) < 4.78 is 0. The highest BCUT2D eigenvalue weighted by atomic mass is 16.5. The third kappa shape index (κ3) is 2.29. The maximum Gasteiger partial charge on any atom is 0.248 e. The normalized spacial score (nSPS) is 12.2. The van der Waals surface area contributed by atoms with Crippen LogP contribution in [0.3, 0.4) is 0 Å². The Morgan fingerprint density at radius 1 is 1.36 bits per heavy atom. The van der Waals surface area contributed by atoms with Gasteiger partial charge >= 0.3 is 0 Å². The third-order valence-corrected chi connectivity index (χ3v) is 1.78. The van der Waals surface area contributed by atoms with Crippen LogP contribution in [-0.2, 0) is 0 Å². The molecule has 0 fully saturated rings. The predicted octanol–water partition coefficient (Wildman–Crippen LogP) is 0.543. The molecule has 0 atom stereocenters. The van der Waals surface area contributed by atoms with Gasteiger partial charge in [-0.1, -0.05) is 20.4 Å². The van der Waals surface area contributed by atoms with Crippen molar-refractivity contribution >= 4 is 0 Å². The van der Waals surface area contributed by atoms with Gasteiger partial charge in [0.25, 0.3) is 0 Å². The predicted molar refractivity (Wildman–Crippen MR) is 44.9 cm³/mol. The Morgan fingerprint density at radius 3 is 1.82 bits per heavy atom. The second-order valence-electron chi connectivity index (χ2n) is 2.59. The second kappa shape index (κ2) is 3.85. The molecule has 0 aliphatic heterocycles. The highest BCUT2D eigenvalue weighted by Crippen LogP contribution is 2.15. The number of hydrogen-bond donors (Lipinski definition) is 2. The SMILES string of the molecule is C=C(C)C(O)(O)N(CC)CC. The monoisotopic (exact) mass is 159 g/mol. The Kier molecular flexibility index (Phi) is 3.72. The number of nitrogens with zero attached hydrogens (tertiary/aromatic N) is 1. The lowest BCUT2D eigenvalue weighted by molar-refractivity contribution is -0.232. The van der Waals surface area contributed by atoms with Crippen molar-refractivity contribution in [1.29, 1.82) is 0 Å². The van der Waals surface area contributed by atoms with Gasteiger partial charge < -0.3 is 10.2 Å². The van der Waals surface area contributed by atoms with Crippen molar-refractivity contribution in [3.05, 3.63) is 12.2 Å². The molecule has 0 aromatic carbocycles. The van der Waals surface area contributed by atoms with Gasteiger partial charge in [0.1, 0.15) is 0 Å². The van der Waals surface area contributed by atoms with Crippen LogP contribution in [0.4, 0.5) is 0 Å². The van der Waals surface area contributed by atoms with Crippen LogP contribution >= 0.6 is 0 Å². The van der Waals surface area contributed by atoms with E-state index in [-0.39, 0.29) is 0 Å². The molecule has 0 aliphatic rings. The van der Waals surface area contributed by atoms with E-state index in [0.717, 1.165) is 0 Å². The average molecular weight is 159 g/mol. The average Bonchev–Trinajstić information content (AvgIpc) is 1.89. The molecule has 3 nitrogen and oxygen atoms in total. The summed E-state index contributed by atoms with van der Waals surface area (Å²) in [6.45, 7) is 10.0. The second-order valence-corrected chi connectivity index (χ2v) is 2.59. The first kappa shape index (κ1) is 10.6. The van der Waals surface area contributed by atoms with Gasteiger partial charge in [0, 0.05) is 13.1 Å². The summed E-state index contributed by atoms with van der Waals surface area (Å²) in [6.07, 6.45) is 0. The molecule has 0 aromatic heterocycles. The molecule has 0 aliphatic carbocycles. The zero-order valence-electron chi connectivity index (χ0n) is 7.46. The molecule has 0 unspecified atom stereocenters. The largest absolute Gasteiger partial charge is 0.350 e. The lowest BCUT2D eigenvalue weighted by Crippen LogP contribution is -2.49. The molecule has 0 spiro atoms. The van der Waals surface area contributed by atoms with Gasteiger partial charge in [-0.15, -0.1) is 0 Å². The van der Waals surface area contributed by atoms with Crippen molar-refractivity contribution in [3.8, 4) is 0 Å². The van der Waals surface area contributed by atoms with E-state index in [4.69, 9.17) is 0 Å². The van der Waals surface area contributed by atoms with Crippen molar-refractivity contribution in [3.63, 3.8) is 0 Å². The quantitative estimate of drug-likeness (QED) is 0.465. The molecule has 0 bridgehead atoms. The Balaban J connectivity index is 4.36. The van der Waals surface area contributed by atoms with Gasteiger partial charge in [-0.2, -0.15) is 0 Å². The van der Waals surface area contributed by atoms with E-state index in [9.17, 15) is 10.2 Å². The van der Waals surface area contributed by atoms with Gasteiger partial charge in [0.2, 0.25) is 5.91 Å². The van der Waals surface area contributed by atoms with E-state index in [1.54, 1.807) is 6.92 Å². The molecule has 0 saturated carbocycles. The molecular weight excluding hydrogens is 142 g/mol. The van der Waals surface area contributed by atoms with Crippen LogP contribution in [0.2, 0.25) is 0 Å². The number of likely N-dealkylation sites (N-methyl/N-ethyl adjacent to an activating group) is 1. The first-order valence-electron chi connectivity index (χ1n) is 3.82. The van der Waals surface area contributed by atoms with Crippen molar-refractivity contribution in [2.45, 2.75) is 26.7 Å². The zero-order chi connectivity index (χ0) is 9.07. The maximum atomic E-state index is 9.43. The van der Waals surface area contributed by atoms with Gasteiger partial charge in [0.05, 0.1) is 0 Å². The number of hydrogen-bond acceptors (Lipinski definition) is 3. The van der Waals surface area contributed by atoms with Crippen molar-refractivity contribution in [1.82, 2.24) is 4.90 Å². The van der Waals surface area contributed by atoms with Gasteiger partial charge in [-0.05, 0) is 12.5 Å². The van der Waals surface area contributed by atoms with Gasteiger partial charge in [-0.3, -0.25) is 0 Å². The smallest absolute Gasteiger partial charge is 0.248 e. The van der Waals surface area contributed by atoms with Crippen molar-refractivity contribution < 1.29 is 10.2 Å². The summed E-state index contributed by atoms with van der Waals surface area (Å²) in [5, 5.41) is 18.9. The van der Waals surface area contributed by atoms with Crippen LogP contribution < -0.4 is 0 Å². The highest BCUT2D eigenvalue weighted by Gasteiger charge is 2.30. The summed E-state index contributed by atoms with van der Waals surface area (Å²) in [6, 6.07) is 0. The highest BCUT2D eigenvalue weighted by molar-refractivity contribution is 5.01. The van der Waals surface area contributed by atoms with Crippen molar-refractivity contribution in [2.24, 2.45) is 0 Å². The fraction of sp³-hybridized carbons (Fsp3) is 0.750. The van der Waals surface area contributed by atoms with Crippen LogP contribution in [-0.4, -0.2) is 34.1 Å². The first-order chi connectivity index (χ1) is 4.96. The minimum Gasteiger partial charge on any atom is -0.350 e. The Hall–Kier alpha value is -0.380. The number of aliphatic hydroxyl groups is 2. The molecular formula is C8H17NO2. The molecule has 0 aromatic rings. The summed E-state index contributed by atoms with van der Waals surface area (Å²) in [7, 11) is 0. The fourth-order valence-corrected chi connectivity index (χ4v) is 0.934. The van der Waals surface area contributed by atoms with E-state index in [2.05, 4.69) is 6.58 Å². The Bertz CT molecular complexity index is 139. The topological polar surface area (TPSA) is 43.7 Å². The Labute approximate surface area is 68.0 Å². The molecule has 3 heteroatoms. The Morgan fingerprint density at radius 2 is 1.73 bits per heavy atom. The molecule has 0 saturated heterocycles. The molecule has 0 radical (unpaired) electrons. The summed E-state index contributed by atoms with van der Waals surface area (Å²) in [4.78, 5) is 1.52. The van der Waals surface area contributed by atoms with Gasteiger partial charge in [0.15, 0.2) is 0 Å². The summed E-state index contributed by atoms with van der Waals surface area (Å²) in [5.74, 6) is -1.84. The molecule has 0 amide bonds. The third-order valence-electron chi connectivity index (χ3n) is 1.78.